The van der Waals surface area contributed by atoms with Gasteiger partial charge < -0.3 is 15.4 Å². The molecule has 1 unspecified atom stereocenters. The van der Waals surface area contributed by atoms with E-state index in [9.17, 15) is 4.79 Å². The molecule has 30 heavy (non-hydrogen) atoms. The Labute approximate surface area is 183 Å². The van der Waals surface area contributed by atoms with Crippen LogP contribution in [-0.2, 0) is 11.8 Å². The molecule has 7 heteroatoms. The summed E-state index contributed by atoms with van der Waals surface area (Å²) in [5.41, 5.74) is 2.05. The molecule has 0 spiro atoms. The van der Waals surface area contributed by atoms with Gasteiger partial charge in [-0.2, -0.15) is 5.10 Å². The fraction of sp³-hybridized carbons (Fsp3) is 0.304. The van der Waals surface area contributed by atoms with Crippen molar-refractivity contribution in [3.8, 4) is 11.5 Å². The minimum absolute atomic E-state index is 0. The van der Waals surface area contributed by atoms with Gasteiger partial charge in [-0.25, -0.2) is 0 Å². The lowest BCUT2D eigenvalue weighted by Crippen LogP contribution is -2.36. The molecule has 6 nitrogen and oxygen atoms in total. The molecular formula is C23H27ClN4O2. The summed E-state index contributed by atoms with van der Waals surface area (Å²) in [6, 6.07) is 17.3. The van der Waals surface area contributed by atoms with Gasteiger partial charge >= 0.3 is 0 Å². The molecule has 1 saturated heterocycles. The van der Waals surface area contributed by atoms with Crippen LogP contribution in [0.3, 0.4) is 0 Å². The van der Waals surface area contributed by atoms with Crippen molar-refractivity contribution in [2.75, 3.05) is 13.1 Å². The van der Waals surface area contributed by atoms with E-state index in [1.807, 2.05) is 81.0 Å². The monoisotopic (exact) mass is 426 g/mol. The Morgan fingerprint density at radius 1 is 1.17 bits per heavy atom. The molecule has 1 aromatic heterocycles. The Bertz CT molecular complexity index is 976. The number of halogens is 1. The van der Waals surface area contributed by atoms with Gasteiger partial charge in [0, 0.05) is 37.8 Å². The summed E-state index contributed by atoms with van der Waals surface area (Å²) in [6.45, 7) is 3.44. The minimum Gasteiger partial charge on any atom is -0.457 e. The summed E-state index contributed by atoms with van der Waals surface area (Å²) in [7, 11) is 1.90. The molecule has 1 fully saturated rings. The van der Waals surface area contributed by atoms with E-state index in [0.29, 0.717) is 6.54 Å². The predicted octanol–water partition coefficient (Wildman–Crippen LogP) is 3.81. The van der Waals surface area contributed by atoms with E-state index in [0.717, 1.165) is 29.2 Å². The Morgan fingerprint density at radius 2 is 1.90 bits per heavy atom. The summed E-state index contributed by atoms with van der Waals surface area (Å²) >= 11 is 0. The molecule has 3 atom stereocenters. The lowest BCUT2D eigenvalue weighted by atomic mass is 9.90. The number of hydrogen-bond acceptors (Lipinski definition) is 4. The highest BCUT2D eigenvalue weighted by atomic mass is 35.5. The SMILES string of the molecule is CC(NC(=O)[C@H]1CNC[C@@H]1c1cnn(C)c1)c1ccccc1Oc1ccccc1.Cl. The molecule has 2 aromatic carbocycles. The lowest BCUT2D eigenvalue weighted by molar-refractivity contribution is -0.125. The first-order valence-corrected chi connectivity index (χ1v) is 9.93. The number of amides is 1. The highest BCUT2D eigenvalue weighted by molar-refractivity contribution is 5.85. The van der Waals surface area contributed by atoms with Crippen LogP contribution in [-0.4, -0.2) is 28.8 Å². The summed E-state index contributed by atoms with van der Waals surface area (Å²) in [6.07, 6.45) is 3.84. The molecule has 1 aliphatic heterocycles. The second-order valence-corrected chi connectivity index (χ2v) is 7.50. The molecule has 1 amide bonds. The fourth-order valence-corrected chi connectivity index (χ4v) is 3.88. The lowest BCUT2D eigenvalue weighted by Gasteiger charge is -2.22. The molecular weight excluding hydrogens is 400 g/mol. The number of nitrogens with zero attached hydrogens (tertiary/aromatic N) is 2. The molecule has 4 rings (SSSR count). The Hall–Kier alpha value is -2.83. The maximum atomic E-state index is 13.1. The average molecular weight is 427 g/mol. The third-order valence-corrected chi connectivity index (χ3v) is 5.42. The van der Waals surface area contributed by atoms with Crippen molar-refractivity contribution in [2.24, 2.45) is 13.0 Å². The van der Waals surface area contributed by atoms with Crippen molar-refractivity contribution in [1.82, 2.24) is 20.4 Å². The Kier molecular flexibility index (Phi) is 7.13. The third kappa shape index (κ3) is 4.83. The van der Waals surface area contributed by atoms with Gasteiger partial charge in [0.2, 0.25) is 5.91 Å². The van der Waals surface area contributed by atoms with E-state index < -0.39 is 0 Å². The van der Waals surface area contributed by atoms with Crippen LogP contribution in [0.5, 0.6) is 11.5 Å². The number of hydrogen-bond donors (Lipinski definition) is 2. The zero-order valence-electron chi connectivity index (χ0n) is 17.1. The van der Waals surface area contributed by atoms with Crippen LogP contribution in [0.1, 0.15) is 30.0 Å². The molecule has 2 N–H and O–H groups in total. The zero-order valence-corrected chi connectivity index (χ0v) is 17.9. The third-order valence-electron chi connectivity index (χ3n) is 5.42. The van der Waals surface area contributed by atoms with Crippen LogP contribution >= 0.6 is 12.4 Å². The van der Waals surface area contributed by atoms with E-state index in [4.69, 9.17) is 4.74 Å². The van der Waals surface area contributed by atoms with Crippen molar-refractivity contribution in [1.29, 1.82) is 0 Å². The van der Waals surface area contributed by atoms with E-state index in [2.05, 4.69) is 15.7 Å². The summed E-state index contributed by atoms with van der Waals surface area (Å²) in [4.78, 5) is 13.1. The molecule has 3 aromatic rings. The number of para-hydroxylation sites is 2. The zero-order chi connectivity index (χ0) is 20.2. The van der Waals surface area contributed by atoms with Crippen molar-refractivity contribution in [3.05, 3.63) is 78.1 Å². The van der Waals surface area contributed by atoms with Gasteiger partial charge in [0.15, 0.2) is 0 Å². The number of ether oxygens (including phenoxy) is 1. The average Bonchev–Trinajstić information content (AvgIpc) is 3.38. The Balaban J connectivity index is 0.00000256. The van der Waals surface area contributed by atoms with E-state index in [1.165, 1.54) is 0 Å². The van der Waals surface area contributed by atoms with Gasteiger partial charge in [-0.3, -0.25) is 9.48 Å². The van der Waals surface area contributed by atoms with Gasteiger partial charge in [0.05, 0.1) is 18.2 Å². The van der Waals surface area contributed by atoms with E-state index >= 15 is 0 Å². The fourth-order valence-electron chi connectivity index (χ4n) is 3.88. The number of benzene rings is 2. The molecule has 0 saturated carbocycles. The number of rotatable bonds is 6. The van der Waals surface area contributed by atoms with Crippen LogP contribution in [0, 0.1) is 5.92 Å². The van der Waals surface area contributed by atoms with Crippen LogP contribution in [0.2, 0.25) is 0 Å². The summed E-state index contributed by atoms with van der Waals surface area (Å²) in [5, 5.41) is 10.8. The molecule has 0 radical (unpaired) electrons. The van der Waals surface area contributed by atoms with Crippen LogP contribution < -0.4 is 15.4 Å². The second-order valence-electron chi connectivity index (χ2n) is 7.50. The van der Waals surface area contributed by atoms with Gasteiger partial charge in [-0.05, 0) is 30.7 Å². The predicted molar refractivity (Wildman–Crippen MR) is 119 cm³/mol. The summed E-state index contributed by atoms with van der Waals surface area (Å²) < 4.78 is 7.84. The maximum Gasteiger partial charge on any atom is 0.225 e. The van der Waals surface area contributed by atoms with Crippen molar-refractivity contribution in [2.45, 2.75) is 18.9 Å². The van der Waals surface area contributed by atoms with E-state index in [1.54, 1.807) is 4.68 Å². The van der Waals surface area contributed by atoms with E-state index in [-0.39, 0.29) is 36.2 Å². The minimum atomic E-state index is -0.169. The normalized spacial score (nSPS) is 19.0. The standard InChI is InChI=1S/C23H26N4O2.ClH/c1-16(19-10-6-7-11-22(19)29-18-8-4-3-5-9-18)26-23(28)21-14-24-13-20(21)17-12-25-27(2)15-17;/h3-12,15-16,20-21,24H,13-14H2,1-2H3,(H,26,28);1H/t16?,20-,21+;/m1./s1. The first-order chi connectivity index (χ1) is 14.1. The molecule has 0 aliphatic carbocycles. The van der Waals surface area contributed by atoms with Crippen LogP contribution in [0.4, 0.5) is 0 Å². The number of carbonyl (C=O) groups excluding carboxylic acids is 1. The first-order valence-electron chi connectivity index (χ1n) is 9.93. The van der Waals surface area contributed by atoms with Crippen LogP contribution in [0.25, 0.3) is 0 Å². The van der Waals surface area contributed by atoms with Gasteiger partial charge in [-0.1, -0.05) is 36.4 Å². The van der Waals surface area contributed by atoms with Crippen LogP contribution in [0.15, 0.2) is 67.0 Å². The molecule has 158 valence electrons. The first kappa shape index (κ1) is 21.9. The number of aryl methyl sites for hydroxylation is 1. The van der Waals surface area contributed by atoms with Gasteiger partial charge in [-0.15, -0.1) is 12.4 Å². The highest BCUT2D eigenvalue weighted by Gasteiger charge is 2.35. The molecule has 1 aliphatic rings. The highest BCUT2D eigenvalue weighted by Crippen LogP contribution is 2.31. The Morgan fingerprint density at radius 3 is 2.63 bits per heavy atom. The van der Waals surface area contributed by atoms with Crippen molar-refractivity contribution >= 4 is 18.3 Å². The number of carbonyl (C=O) groups is 1. The van der Waals surface area contributed by atoms with Gasteiger partial charge in [0.25, 0.3) is 0 Å². The number of nitrogens with one attached hydrogen (secondary N) is 2. The van der Waals surface area contributed by atoms with Gasteiger partial charge in [0.1, 0.15) is 11.5 Å². The van der Waals surface area contributed by atoms with Crippen molar-refractivity contribution < 1.29 is 9.53 Å². The smallest absolute Gasteiger partial charge is 0.225 e. The maximum absolute atomic E-state index is 13.1. The summed E-state index contributed by atoms with van der Waals surface area (Å²) in [5.74, 6) is 1.58. The number of aromatic nitrogens is 2. The quantitative estimate of drug-likeness (QED) is 0.628. The largest absolute Gasteiger partial charge is 0.457 e. The topological polar surface area (TPSA) is 68.2 Å². The second kappa shape index (κ2) is 9.78. The molecule has 2 heterocycles. The van der Waals surface area contributed by atoms with Crippen molar-refractivity contribution in [3.63, 3.8) is 0 Å². The molecule has 0 bridgehead atoms.